The minimum atomic E-state index is -0.450. The molecule has 1 heterocycles. The van der Waals surface area contributed by atoms with Gasteiger partial charge in [0.25, 0.3) is 0 Å². The van der Waals surface area contributed by atoms with Crippen molar-refractivity contribution in [2.75, 3.05) is 31.3 Å². The first kappa shape index (κ1) is 15.6. The second-order valence-corrected chi connectivity index (χ2v) is 5.95. The van der Waals surface area contributed by atoms with Gasteiger partial charge in [0.1, 0.15) is 0 Å². The number of benzene rings is 1. The van der Waals surface area contributed by atoms with E-state index in [9.17, 15) is 4.79 Å². The molecule has 3 unspecified atom stereocenters. The molecule has 1 fully saturated rings. The first-order valence-electron chi connectivity index (χ1n) is 7.41. The van der Waals surface area contributed by atoms with E-state index in [1.165, 1.54) is 7.11 Å². The lowest BCUT2D eigenvalue weighted by Crippen LogP contribution is -2.48. The number of ether oxygens (including phenoxy) is 1. The highest BCUT2D eigenvalue weighted by atomic mass is 16.5. The predicted octanol–water partition coefficient (Wildman–Crippen LogP) is 3.01. The molecule has 1 saturated heterocycles. The van der Waals surface area contributed by atoms with Gasteiger partial charge in [-0.15, -0.1) is 0 Å². The summed E-state index contributed by atoms with van der Waals surface area (Å²) in [5.74, 6) is 0.610. The standard InChI is InChI=1S/C16H25N3O2/c1-11-10-19(3)12(2)9-15(11)17-13-5-7-14(8-6-13)18-16(20)21-4/h5-8,11-12,15,17H,9-10H2,1-4H3,(H,18,20). The average molecular weight is 291 g/mol. The van der Waals surface area contributed by atoms with Crippen LogP contribution < -0.4 is 10.6 Å². The summed E-state index contributed by atoms with van der Waals surface area (Å²) >= 11 is 0. The minimum Gasteiger partial charge on any atom is -0.453 e. The molecule has 3 atom stereocenters. The van der Waals surface area contributed by atoms with E-state index in [4.69, 9.17) is 0 Å². The molecule has 0 spiro atoms. The smallest absolute Gasteiger partial charge is 0.411 e. The fourth-order valence-corrected chi connectivity index (χ4v) is 2.78. The lowest BCUT2D eigenvalue weighted by Gasteiger charge is -2.40. The fraction of sp³-hybridized carbons (Fsp3) is 0.562. The number of amides is 1. The lowest BCUT2D eigenvalue weighted by molar-refractivity contribution is 0.145. The van der Waals surface area contributed by atoms with Crippen molar-refractivity contribution in [2.24, 2.45) is 5.92 Å². The van der Waals surface area contributed by atoms with Crippen LogP contribution in [0.3, 0.4) is 0 Å². The summed E-state index contributed by atoms with van der Waals surface area (Å²) in [6, 6.07) is 8.81. The number of rotatable bonds is 3. The van der Waals surface area contributed by atoms with E-state index < -0.39 is 6.09 Å². The zero-order valence-corrected chi connectivity index (χ0v) is 13.2. The van der Waals surface area contributed by atoms with Gasteiger partial charge in [0.15, 0.2) is 0 Å². The van der Waals surface area contributed by atoms with E-state index in [1.54, 1.807) is 0 Å². The number of methoxy groups -OCH3 is 1. The van der Waals surface area contributed by atoms with E-state index in [0.717, 1.165) is 24.3 Å². The maximum Gasteiger partial charge on any atom is 0.411 e. The quantitative estimate of drug-likeness (QED) is 0.899. The number of nitrogens with zero attached hydrogens (tertiary/aromatic N) is 1. The number of carbonyl (C=O) groups excluding carboxylic acids is 1. The Labute approximate surface area is 126 Å². The molecule has 0 saturated carbocycles. The number of likely N-dealkylation sites (tertiary alicyclic amines) is 1. The molecule has 5 heteroatoms. The molecule has 116 valence electrons. The molecule has 0 aromatic heterocycles. The van der Waals surface area contributed by atoms with Crippen LogP contribution in [0.4, 0.5) is 16.2 Å². The van der Waals surface area contributed by atoms with E-state index in [2.05, 4.69) is 41.2 Å². The molecule has 0 bridgehead atoms. The van der Waals surface area contributed by atoms with Crippen LogP contribution in [-0.4, -0.2) is 43.8 Å². The molecule has 2 N–H and O–H groups in total. The van der Waals surface area contributed by atoms with Crippen LogP contribution in [0.5, 0.6) is 0 Å². The monoisotopic (exact) mass is 291 g/mol. The summed E-state index contributed by atoms with van der Waals surface area (Å²) in [7, 11) is 3.54. The van der Waals surface area contributed by atoms with Gasteiger partial charge >= 0.3 is 6.09 Å². The van der Waals surface area contributed by atoms with Crippen LogP contribution in [0.15, 0.2) is 24.3 Å². The molecule has 5 nitrogen and oxygen atoms in total. The van der Waals surface area contributed by atoms with Gasteiger partial charge in [0, 0.05) is 30.0 Å². The largest absolute Gasteiger partial charge is 0.453 e. The van der Waals surface area contributed by atoms with E-state index in [-0.39, 0.29) is 0 Å². The summed E-state index contributed by atoms with van der Waals surface area (Å²) in [6.07, 6.45) is 0.688. The van der Waals surface area contributed by atoms with Crippen LogP contribution in [0.1, 0.15) is 20.3 Å². The van der Waals surface area contributed by atoms with E-state index in [0.29, 0.717) is 18.0 Å². The molecule has 0 radical (unpaired) electrons. The third kappa shape index (κ3) is 4.11. The molecule has 2 rings (SSSR count). The number of hydrogen-bond donors (Lipinski definition) is 2. The zero-order chi connectivity index (χ0) is 15.4. The van der Waals surface area contributed by atoms with E-state index >= 15 is 0 Å². The lowest BCUT2D eigenvalue weighted by atomic mass is 9.89. The molecular weight excluding hydrogens is 266 g/mol. The number of piperidine rings is 1. The Morgan fingerprint density at radius 1 is 1.24 bits per heavy atom. The topological polar surface area (TPSA) is 53.6 Å². The number of nitrogens with one attached hydrogen (secondary N) is 2. The molecule has 1 amide bonds. The highest BCUT2D eigenvalue weighted by Crippen LogP contribution is 2.25. The predicted molar refractivity (Wildman–Crippen MR) is 85.8 cm³/mol. The molecule has 1 aromatic carbocycles. The van der Waals surface area contributed by atoms with Gasteiger partial charge in [-0.05, 0) is 50.6 Å². The van der Waals surface area contributed by atoms with Crippen molar-refractivity contribution >= 4 is 17.5 Å². The number of carbonyl (C=O) groups is 1. The summed E-state index contributed by atoms with van der Waals surface area (Å²) in [4.78, 5) is 13.5. The summed E-state index contributed by atoms with van der Waals surface area (Å²) in [5, 5.41) is 6.25. The Kier molecular flexibility index (Phi) is 5.07. The summed E-state index contributed by atoms with van der Waals surface area (Å²) in [6.45, 7) is 5.66. The Morgan fingerprint density at radius 2 is 1.86 bits per heavy atom. The fourth-order valence-electron chi connectivity index (χ4n) is 2.78. The third-order valence-corrected chi connectivity index (χ3v) is 4.28. The molecule has 0 aliphatic carbocycles. The maximum absolute atomic E-state index is 11.1. The molecule has 21 heavy (non-hydrogen) atoms. The molecular formula is C16H25N3O2. The highest BCUT2D eigenvalue weighted by Gasteiger charge is 2.28. The summed E-state index contributed by atoms with van der Waals surface area (Å²) in [5.41, 5.74) is 1.82. The van der Waals surface area contributed by atoms with Crippen molar-refractivity contribution in [3.05, 3.63) is 24.3 Å². The Morgan fingerprint density at radius 3 is 2.48 bits per heavy atom. The van der Waals surface area contributed by atoms with Gasteiger partial charge in [-0.25, -0.2) is 4.79 Å². The van der Waals surface area contributed by atoms with Gasteiger partial charge in [0.2, 0.25) is 0 Å². The second kappa shape index (κ2) is 6.80. The van der Waals surface area contributed by atoms with Crippen LogP contribution in [0.2, 0.25) is 0 Å². The minimum absolute atomic E-state index is 0.450. The van der Waals surface area contributed by atoms with Crippen molar-refractivity contribution in [3.63, 3.8) is 0 Å². The van der Waals surface area contributed by atoms with Crippen molar-refractivity contribution in [1.82, 2.24) is 4.90 Å². The Hall–Kier alpha value is -1.75. The van der Waals surface area contributed by atoms with Gasteiger partial charge in [0.05, 0.1) is 7.11 Å². The van der Waals surface area contributed by atoms with Crippen molar-refractivity contribution in [3.8, 4) is 0 Å². The normalized spacial score (nSPS) is 26.2. The van der Waals surface area contributed by atoms with Crippen molar-refractivity contribution in [1.29, 1.82) is 0 Å². The number of hydrogen-bond acceptors (Lipinski definition) is 4. The second-order valence-electron chi connectivity index (χ2n) is 5.95. The zero-order valence-electron chi connectivity index (χ0n) is 13.2. The molecule has 1 aromatic rings. The average Bonchev–Trinajstić information content (AvgIpc) is 2.46. The molecule has 1 aliphatic rings. The highest BCUT2D eigenvalue weighted by molar-refractivity contribution is 5.84. The Bertz CT molecular complexity index is 475. The van der Waals surface area contributed by atoms with Gasteiger partial charge in [-0.2, -0.15) is 0 Å². The first-order valence-corrected chi connectivity index (χ1v) is 7.41. The third-order valence-electron chi connectivity index (χ3n) is 4.28. The SMILES string of the molecule is COC(=O)Nc1ccc(NC2CC(C)N(C)CC2C)cc1. The van der Waals surface area contributed by atoms with Crippen LogP contribution >= 0.6 is 0 Å². The van der Waals surface area contributed by atoms with Crippen molar-refractivity contribution < 1.29 is 9.53 Å². The van der Waals surface area contributed by atoms with Crippen LogP contribution in [0.25, 0.3) is 0 Å². The Balaban J connectivity index is 1.95. The molecule has 1 aliphatic heterocycles. The summed E-state index contributed by atoms with van der Waals surface area (Å²) < 4.78 is 4.57. The van der Waals surface area contributed by atoms with Crippen LogP contribution in [0, 0.1) is 5.92 Å². The maximum atomic E-state index is 11.1. The van der Waals surface area contributed by atoms with Gasteiger partial charge in [-0.1, -0.05) is 6.92 Å². The van der Waals surface area contributed by atoms with Gasteiger partial charge < -0.3 is 15.0 Å². The van der Waals surface area contributed by atoms with E-state index in [1.807, 2.05) is 24.3 Å². The first-order chi connectivity index (χ1) is 9.99. The van der Waals surface area contributed by atoms with Gasteiger partial charge in [-0.3, -0.25) is 5.32 Å². The van der Waals surface area contributed by atoms with Crippen LogP contribution in [-0.2, 0) is 4.74 Å². The number of anilines is 2. The van der Waals surface area contributed by atoms with Crippen molar-refractivity contribution in [2.45, 2.75) is 32.4 Å².